The van der Waals surface area contributed by atoms with Crippen molar-refractivity contribution in [3.05, 3.63) is 0 Å². The fraction of sp³-hybridized carbons (Fsp3) is 0.870. The number of carbonyl (C=O) groups excluding carboxylic acids is 3. The Labute approximate surface area is 169 Å². The van der Waals surface area contributed by atoms with Crippen LogP contribution in [-0.4, -0.2) is 30.9 Å². The van der Waals surface area contributed by atoms with Crippen LogP contribution in [0.3, 0.4) is 0 Å². The van der Waals surface area contributed by atoms with Crippen molar-refractivity contribution in [3.63, 3.8) is 0 Å². The summed E-state index contributed by atoms with van der Waals surface area (Å²) in [7, 11) is 0. The molecule has 0 aromatic carbocycles. The molecule has 0 aromatic rings. The third-order valence-corrected chi connectivity index (χ3v) is 6.70. The van der Waals surface area contributed by atoms with Gasteiger partial charge in [-0.2, -0.15) is 0 Å². The van der Waals surface area contributed by atoms with Crippen LogP contribution in [0.1, 0.15) is 97.3 Å². The number of ketones is 1. The Morgan fingerprint density at radius 1 is 0.857 bits per heavy atom. The van der Waals surface area contributed by atoms with Crippen molar-refractivity contribution in [1.82, 2.24) is 0 Å². The van der Waals surface area contributed by atoms with Crippen molar-refractivity contribution >= 4 is 17.7 Å². The number of rotatable bonds is 10. The second-order valence-corrected chi connectivity index (χ2v) is 8.82. The average Bonchev–Trinajstić information content (AvgIpc) is 2.65. The highest BCUT2D eigenvalue weighted by atomic mass is 16.5. The SMILES string of the molecule is CCOC(=O)CC1(CC(=O)OCC)CCC(CCCC2CCC(=O)CC2)CC1. The average molecular weight is 395 g/mol. The Kier molecular flexibility index (Phi) is 9.46. The van der Waals surface area contributed by atoms with Crippen LogP contribution >= 0.6 is 0 Å². The van der Waals surface area contributed by atoms with Gasteiger partial charge in [0.15, 0.2) is 0 Å². The summed E-state index contributed by atoms with van der Waals surface area (Å²) >= 11 is 0. The molecule has 0 atom stereocenters. The lowest BCUT2D eigenvalue weighted by molar-refractivity contribution is -0.151. The Bertz CT molecular complexity index is 487. The van der Waals surface area contributed by atoms with Gasteiger partial charge in [-0.05, 0) is 69.6 Å². The second-order valence-electron chi connectivity index (χ2n) is 8.82. The van der Waals surface area contributed by atoms with Crippen molar-refractivity contribution in [3.8, 4) is 0 Å². The summed E-state index contributed by atoms with van der Waals surface area (Å²) in [5.74, 6) is 1.45. The molecule has 5 nitrogen and oxygen atoms in total. The first-order valence-corrected chi connectivity index (χ1v) is 11.3. The van der Waals surface area contributed by atoms with Crippen LogP contribution in [0.4, 0.5) is 0 Å². The molecule has 0 amide bonds. The molecule has 0 unspecified atom stereocenters. The van der Waals surface area contributed by atoms with Crippen molar-refractivity contribution in [2.75, 3.05) is 13.2 Å². The standard InChI is InChI=1S/C23H38O5/c1-3-27-21(25)16-23(17-22(26)28-4-2)14-12-19(13-15-23)7-5-6-18-8-10-20(24)11-9-18/h18-19H,3-17H2,1-2H3. The molecule has 0 bridgehead atoms. The largest absolute Gasteiger partial charge is 0.466 e. The van der Waals surface area contributed by atoms with E-state index in [0.29, 0.717) is 37.8 Å². The molecule has 160 valence electrons. The normalized spacial score (nSPS) is 20.7. The van der Waals surface area contributed by atoms with Crippen LogP contribution in [0.5, 0.6) is 0 Å². The summed E-state index contributed by atoms with van der Waals surface area (Å²) in [4.78, 5) is 35.6. The van der Waals surface area contributed by atoms with E-state index >= 15 is 0 Å². The Balaban J connectivity index is 1.78. The number of hydrogen-bond acceptors (Lipinski definition) is 5. The number of ether oxygens (including phenoxy) is 2. The molecule has 0 spiro atoms. The molecule has 28 heavy (non-hydrogen) atoms. The minimum absolute atomic E-state index is 0.197. The van der Waals surface area contributed by atoms with Crippen LogP contribution in [0.15, 0.2) is 0 Å². The van der Waals surface area contributed by atoms with Crippen molar-refractivity contribution < 1.29 is 23.9 Å². The molecule has 2 aliphatic rings. The maximum atomic E-state index is 12.1. The van der Waals surface area contributed by atoms with Gasteiger partial charge in [0.25, 0.3) is 0 Å². The van der Waals surface area contributed by atoms with E-state index < -0.39 is 0 Å². The molecule has 5 heteroatoms. The first kappa shape index (κ1) is 22.9. The quantitative estimate of drug-likeness (QED) is 0.488. The van der Waals surface area contributed by atoms with Crippen LogP contribution in [0.25, 0.3) is 0 Å². The van der Waals surface area contributed by atoms with Gasteiger partial charge < -0.3 is 9.47 Å². The van der Waals surface area contributed by atoms with Gasteiger partial charge in [-0.15, -0.1) is 0 Å². The van der Waals surface area contributed by atoms with Crippen molar-refractivity contribution in [2.24, 2.45) is 17.3 Å². The van der Waals surface area contributed by atoms with Gasteiger partial charge in [0.1, 0.15) is 5.78 Å². The number of esters is 2. The van der Waals surface area contributed by atoms with E-state index in [1.807, 2.05) is 13.8 Å². The van der Waals surface area contributed by atoms with Crippen LogP contribution in [0.2, 0.25) is 0 Å². The molecular weight excluding hydrogens is 356 g/mol. The minimum atomic E-state index is -0.293. The molecule has 0 radical (unpaired) electrons. The lowest BCUT2D eigenvalue weighted by Gasteiger charge is -2.39. The van der Waals surface area contributed by atoms with Gasteiger partial charge in [-0.25, -0.2) is 0 Å². The topological polar surface area (TPSA) is 69.7 Å². The lowest BCUT2D eigenvalue weighted by Crippen LogP contribution is -2.33. The van der Waals surface area contributed by atoms with Gasteiger partial charge in [-0.3, -0.25) is 14.4 Å². The highest BCUT2D eigenvalue weighted by Crippen LogP contribution is 2.46. The lowest BCUT2D eigenvalue weighted by atomic mass is 9.66. The Morgan fingerprint density at radius 2 is 1.32 bits per heavy atom. The summed E-state index contributed by atoms with van der Waals surface area (Å²) < 4.78 is 10.3. The number of hydrogen-bond donors (Lipinski definition) is 0. The Hall–Kier alpha value is -1.39. The third kappa shape index (κ3) is 7.56. The molecule has 2 saturated carbocycles. The molecule has 2 aliphatic carbocycles. The third-order valence-electron chi connectivity index (χ3n) is 6.70. The fourth-order valence-electron chi connectivity index (χ4n) is 5.01. The van der Waals surface area contributed by atoms with E-state index in [-0.39, 0.29) is 17.4 Å². The summed E-state index contributed by atoms with van der Waals surface area (Å²) in [6.07, 6.45) is 12.0. The van der Waals surface area contributed by atoms with Gasteiger partial charge in [0, 0.05) is 12.8 Å². The van der Waals surface area contributed by atoms with Gasteiger partial charge in [-0.1, -0.05) is 19.3 Å². The summed E-state index contributed by atoms with van der Waals surface area (Å²) in [5.41, 5.74) is -0.293. The van der Waals surface area contributed by atoms with Crippen LogP contribution < -0.4 is 0 Å². The maximum absolute atomic E-state index is 12.1. The highest BCUT2D eigenvalue weighted by molar-refractivity contribution is 5.79. The molecular formula is C23H38O5. The van der Waals surface area contributed by atoms with E-state index in [1.54, 1.807) is 0 Å². The summed E-state index contributed by atoms with van der Waals surface area (Å²) in [6.45, 7) is 4.39. The Morgan fingerprint density at radius 3 is 1.79 bits per heavy atom. The molecule has 0 heterocycles. The van der Waals surface area contributed by atoms with Crippen molar-refractivity contribution in [2.45, 2.75) is 97.3 Å². The fourth-order valence-corrected chi connectivity index (χ4v) is 5.01. The molecule has 0 aliphatic heterocycles. The molecule has 0 saturated heterocycles. The zero-order valence-corrected chi connectivity index (χ0v) is 17.8. The van der Waals surface area contributed by atoms with Gasteiger partial charge in [0.2, 0.25) is 0 Å². The minimum Gasteiger partial charge on any atom is -0.466 e. The maximum Gasteiger partial charge on any atom is 0.306 e. The second kappa shape index (κ2) is 11.6. The summed E-state index contributed by atoms with van der Waals surface area (Å²) in [5, 5.41) is 0. The molecule has 0 aromatic heterocycles. The molecule has 2 rings (SSSR count). The first-order valence-electron chi connectivity index (χ1n) is 11.3. The van der Waals surface area contributed by atoms with E-state index in [9.17, 15) is 14.4 Å². The number of carbonyl (C=O) groups is 3. The predicted octanol–water partition coefficient (Wildman–Crippen LogP) is 5.00. The molecule has 2 fully saturated rings. The van der Waals surface area contributed by atoms with Crippen molar-refractivity contribution in [1.29, 1.82) is 0 Å². The summed E-state index contributed by atoms with van der Waals surface area (Å²) in [6, 6.07) is 0. The van der Waals surface area contributed by atoms with Crippen LogP contribution in [-0.2, 0) is 23.9 Å². The number of Topliss-reactive ketones (excluding diaryl/α,β-unsaturated/α-hetero) is 1. The highest BCUT2D eigenvalue weighted by Gasteiger charge is 2.39. The molecule has 0 N–H and O–H groups in total. The smallest absolute Gasteiger partial charge is 0.306 e. The first-order chi connectivity index (χ1) is 13.5. The van der Waals surface area contributed by atoms with Gasteiger partial charge >= 0.3 is 11.9 Å². The monoisotopic (exact) mass is 394 g/mol. The van der Waals surface area contributed by atoms with Crippen LogP contribution in [0, 0.1) is 17.3 Å². The van der Waals surface area contributed by atoms with Gasteiger partial charge in [0.05, 0.1) is 26.1 Å². The zero-order chi connectivity index (χ0) is 20.4. The zero-order valence-electron chi connectivity index (χ0n) is 17.8. The predicted molar refractivity (Wildman–Crippen MR) is 108 cm³/mol. The van der Waals surface area contributed by atoms with E-state index in [1.165, 1.54) is 19.3 Å². The van der Waals surface area contributed by atoms with E-state index in [0.717, 1.165) is 57.3 Å². The van der Waals surface area contributed by atoms with E-state index in [4.69, 9.17) is 9.47 Å². The van der Waals surface area contributed by atoms with E-state index in [2.05, 4.69) is 0 Å².